The standard InChI is InChI=1S/C15H14N2S/c1-17(11-7-3-2-4-8-11)14-12-9-5-6-10-13(12)18-15(14)16/h2-10H,16H2,1H3. The molecule has 0 aliphatic heterocycles. The van der Waals surface area contributed by atoms with Crippen molar-refractivity contribution in [1.82, 2.24) is 0 Å². The molecule has 18 heavy (non-hydrogen) atoms. The Balaban J connectivity index is 2.17. The van der Waals surface area contributed by atoms with Crippen LogP contribution in [-0.4, -0.2) is 7.05 Å². The number of benzene rings is 2. The van der Waals surface area contributed by atoms with E-state index >= 15 is 0 Å². The fraction of sp³-hybridized carbons (Fsp3) is 0.0667. The Hall–Kier alpha value is -2.00. The van der Waals surface area contributed by atoms with E-state index in [1.807, 2.05) is 24.3 Å². The molecule has 0 atom stereocenters. The highest BCUT2D eigenvalue weighted by Crippen LogP contribution is 2.42. The molecule has 0 aliphatic carbocycles. The maximum Gasteiger partial charge on any atom is 0.111 e. The minimum Gasteiger partial charge on any atom is -0.389 e. The van der Waals surface area contributed by atoms with Gasteiger partial charge < -0.3 is 10.6 Å². The summed E-state index contributed by atoms with van der Waals surface area (Å²) in [7, 11) is 2.06. The smallest absolute Gasteiger partial charge is 0.111 e. The summed E-state index contributed by atoms with van der Waals surface area (Å²) in [6.45, 7) is 0. The van der Waals surface area contributed by atoms with E-state index in [-0.39, 0.29) is 0 Å². The Morgan fingerprint density at radius 1 is 0.944 bits per heavy atom. The Morgan fingerprint density at radius 3 is 2.39 bits per heavy atom. The van der Waals surface area contributed by atoms with Gasteiger partial charge in [-0.2, -0.15) is 0 Å². The second kappa shape index (κ2) is 4.35. The average Bonchev–Trinajstić information content (AvgIpc) is 2.75. The van der Waals surface area contributed by atoms with Gasteiger partial charge in [0.05, 0.1) is 5.69 Å². The van der Waals surface area contributed by atoms with Gasteiger partial charge in [0, 0.05) is 22.8 Å². The number of hydrogen-bond acceptors (Lipinski definition) is 3. The quantitative estimate of drug-likeness (QED) is 0.740. The van der Waals surface area contributed by atoms with Crippen LogP contribution in [0, 0.1) is 0 Å². The zero-order chi connectivity index (χ0) is 12.5. The van der Waals surface area contributed by atoms with Crippen LogP contribution in [0.15, 0.2) is 54.6 Å². The Labute approximate surface area is 110 Å². The lowest BCUT2D eigenvalue weighted by atomic mass is 10.2. The zero-order valence-electron chi connectivity index (χ0n) is 10.1. The summed E-state index contributed by atoms with van der Waals surface area (Å²) in [5, 5.41) is 2.08. The number of hydrogen-bond donors (Lipinski definition) is 1. The van der Waals surface area contributed by atoms with E-state index in [0.717, 1.165) is 16.4 Å². The number of nitrogen functional groups attached to an aromatic ring is 1. The van der Waals surface area contributed by atoms with Crippen LogP contribution in [-0.2, 0) is 0 Å². The lowest BCUT2D eigenvalue weighted by molar-refractivity contribution is 1.23. The van der Waals surface area contributed by atoms with Crippen molar-refractivity contribution in [3.05, 3.63) is 54.6 Å². The molecule has 0 saturated heterocycles. The second-order valence-corrected chi connectivity index (χ2v) is 5.29. The summed E-state index contributed by atoms with van der Waals surface area (Å²) in [5.41, 5.74) is 8.41. The monoisotopic (exact) mass is 254 g/mol. The number of thiophene rings is 1. The van der Waals surface area contributed by atoms with Crippen molar-refractivity contribution < 1.29 is 0 Å². The first-order valence-corrected chi connectivity index (χ1v) is 6.65. The van der Waals surface area contributed by atoms with Crippen molar-refractivity contribution in [2.45, 2.75) is 0 Å². The van der Waals surface area contributed by atoms with Gasteiger partial charge in [0.15, 0.2) is 0 Å². The summed E-state index contributed by atoms with van der Waals surface area (Å²) in [5.74, 6) is 0. The largest absolute Gasteiger partial charge is 0.389 e. The van der Waals surface area contributed by atoms with Gasteiger partial charge in [0.25, 0.3) is 0 Å². The summed E-state index contributed by atoms with van der Waals surface area (Å²) in [4.78, 5) is 2.15. The molecule has 90 valence electrons. The van der Waals surface area contributed by atoms with E-state index in [0.29, 0.717) is 0 Å². The van der Waals surface area contributed by atoms with Gasteiger partial charge in [-0.05, 0) is 18.2 Å². The minimum atomic E-state index is 0.863. The van der Waals surface area contributed by atoms with Crippen LogP contribution < -0.4 is 10.6 Å². The van der Waals surface area contributed by atoms with Crippen LogP contribution in [0.1, 0.15) is 0 Å². The number of nitrogens with zero attached hydrogens (tertiary/aromatic N) is 1. The SMILES string of the molecule is CN(c1ccccc1)c1c(N)sc2ccccc12. The summed E-state index contributed by atoms with van der Waals surface area (Å²) in [6, 6.07) is 18.6. The molecule has 0 radical (unpaired) electrons. The normalized spacial score (nSPS) is 10.7. The highest BCUT2D eigenvalue weighted by molar-refractivity contribution is 7.23. The molecule has 0 saturated carbocycles. The van der Waals surface area contributed by atoms with Crippen LogP contribution in [0.25, 0.3) is 10.1 Å². The minimum absolute atomic E-state index is 0.863. The van der Waals surface area contributed by atoms with E-state index in [4.69, 9.17) is 5.73 Å². The number of nitrogens with two attached hydrogens (primary N) is 1. The fourth-order valence-electron chi connectivity index (χ4n) is 2.18. The van der Waals surface area contributed by atoms with Gasteiger partial charge in [-0.1, -0.05) is 36.4 Å². The number of fused-ring (bicyclic) bond motifs is 1. The van der Waals surface area contributed by atoms with Crippen molar-refractivity contribution >= 4 is 37.8 Å². The van der Waals surface area contributed by atoms with E-state index in [1.165, 1.54) is 10.1 Å². The molecule has 1 heterocycles. The average molecular weight is 254 g/mol. The molecule has 0 fully saturated rings. The molecule has 0 amide bonds. The van der Waals surface area contributed by atoms with Crippen molar-refractivity contribution in [1.29, 1.82) is 0 Å². The summed E-state index contributed by atoms with van der Waals surface area (Å²) in [6.07, 6.45) is 0. The molecule has 2 N–H and O–H groups in total. The Morgan fingerprint density at radius 2 is 1.61 bits per heavy atom. The molecule has 3 aromatic rings. The highest BCUT2D eigenvalue weighted by atomic mass is 32.1. The molecule has 0 spiro atoms. The predicted molar refractivity (Wildman–Crippen MR) is 80.7 cm³/mol. The molecular weight excluding hydrogens is 240 g/mol. The van der Waals surface area contributed by atoms with Crippen molar-refractivity contribution in [2.24, 2.45) is 0 Å². The molecule has 0 unspecified atom stereocenters. The van der Waals surface area contributed by atoms with Gasteiger partial charge in [-0.25, -0.2) is 0 Å². The van der Waals surface area contributed by atoms with Gasteiger partial charge in [0.1, 0.15) is 5.00 Å². The molecular formula is C15H14N2S. The maximum absolute atomic E-state index is 6.17. The Kier molecular flexibility index (Phi) is 2.68. The lowest BCUT2D eigenvalue weighted by Gasteiger charge is -2.19. The number of rotatable bonds is 2. The van der Waals surface area contributed by atoms with Gasteiger partial charge in [-0.15, -0.1) is 11.3 Å². The third-order valence-corrected chi connectivity index (χ3v) is 4.06. The van der Waals surface area contributed by atoms with E-state index in [9.17, 15) is 0 Å². The molecule has 2 nitrogen and oxygen atoms in total. The third kappa shape index (κ3) is 1.73. The maximum atomic E-state index is 6.17. The number of anilines is 3. The molecule has 2 aromatic carbocycles. The predicted octanol–water partition coefficient (Wildman–Crippen LogP) is 4.25. The van der Waals surface area contributed by atoms with Crippen molar-refractivity contribution in [2.75, 3.05) is 17.7 Å². The first-order chi connectivity index (χ1) is 8.77. The van der Waals surface area contributed by atoms with Gasteiger partial charge >= 0.3 is 0 Å². The topological polar surface area (TPSA) is 29.3 Å². The van der Waals surface area contributed by atoms with Crippen LogP contribution in [0.3, 0.4) is 0 Å². The van der Waals surface area contributed by atoms with E-state index in [1.54, 1.807) is 11.3 Å². The third-order valence-electron chi connectivity index (χ3n) is 3.07. The van der Waals surface area contributed by atoms with E-state index in [2.05, 4.69) is 42.3 Å². The molecule has 3 heteroatoms. The molecule has 1 aromatic heterocycles. The highest BCUT2D eigenvalue weighted by Gasteiger charge is 2.14. The van der Waals surface area contributed by atoms with E-state index < -0.39 is 0 Å². The second-order valence-electron chi connectivity index (χ2n) is 4.21. The van der Waals surface area contributed by atoms with Gasteiger partial charge in [-0.3, -0.25) is 0 Å². The summed E-state index contributed by atoms with van der Waals surface area (Å²) < 4.78 is 1.23. The van der Waals surface area contributed by atoms with Crippen LogP contribution >= 0.6 is 11.3 Å². The van der Waals surface area contributed by atoms with Crippen molar-refractivity contribution in [3.8, 4) is 0 Å². The van der Waals surface area contributed by atoms with Gasteiger partial charge in [0.2, 0.25) is 0 Å². The Bertz CT molecular complexity index is 673. The van der Waals surface area contributed by atoms with Crippen LogP contribution in [0.5, 0.6) is 0 Å². The molecule has 0 aliphatic rings. The van der Waals surface area contributed by atoms with Crippen LogP contribution in [0.4, 0.5) is 16.4 Å². The fourth-order valence-corrected chi connectivity index (χ4v) is 3.18. The number of para-hydroxylation sites is 1. The first kappa shape index (κ1) is 11.1. The molecule has 0 bridgehead atoms. The lowest BCUT2D eigenvalue weighted by Crippen LogP contribution is -2.10. The molecule has 3 rings (SSSR count). The summed E-state index contributed by atoms with van der Waals surface area (Å²) >= 11 is 1.64. The van der Waals surface area contributed by atoms with Crippen LogP contribution in [0.2, 0.25) is 0 Å². The first-order valence-electron chi connectivity index (χ1n) is 5.83. The zero-order valence-corrected chi connectivity index (χ0v) is 10.9. The van der Waals surface area contributed by atoms with Crippen molar-refractivity contribution in [3.63, 3.8) is 0 Å².